The molecule has 0 aliphatic carbocycles. The molecule has 1 aliphatic rings. The van der Waals surface area contributed by atoms with Gasteiger partial charge in [0.2, 0.25) is 0 Å². The van der Waals surface area contributed by atoms with E-state index in [1.807, 2.05) is 12.1 Å². The first-order valence-electron chi connectivity index (χ1n) is 6.91. The van der Waals surface area contributed by atoms with Crippen molar-refractivity contribution in [1.29, 1.82) is 0 Å². The van der Waals surface area contributed by atoms with Crippen molar-refractivity contribution in [3.8, 4) is 5.75 Å². The van der Waals surface area contributed by atoms with Crippen LogP contribution in [-0.2, 0) is 0 Å². The van der Waals surface area contributed by atoms with Crippen LogP contribution in [0.1, 0.15) is 12.8 Å². The molecule has 1 fully saturated rings. The van der Waals surface area contributed by atoms with Crippen LogP contribution in [0.3, 0.4) is 0 Å². The van der Waals surface area contributed by atoms with Gasteiger partial charge in [0, 0.05) is 49.3 Å². The number of aromatic nitrogens is 1. The van der Waals surface area contributed by atoms with E-state index in [4.69, 9.17) is 27.9 Å². The van der Waals surface area contributed by atoms with Gasteiger partial charge in [-0.15, -0.1) is 0 Å². The number of halogens is 2. The minimum absolute atomic E-state index is 0.160. The van der Waals surface area contributed by atoms with Gasteiger partial charge in [-0.3, -0.25) is 0 Å². The third-order valence-electron chi connectivity index (χ3n) is 3.55. The van der Waals surface area contributed by atoms with Crippen LogP contribution in [0.5, 0.6) is 5.75 Å². The predicted molar refractivity (Wildman–Crippen MR) is 85.4 cm³/mol. The first-order valence-corrected chi connectivity index (χ1v) is 7.67. The largest absolute Gasteiger partial charge is 0.489 e. The van der Waals surface area contributed by atoms with Crippen LogP contribution >= 0.6 is 23.2 Å². The number of ether oxygens (including phenoxy) is 1. The number of pyridine rings is 1. The van der Waals surface area contributed by atoms with Crippen LogP contribution in [0.4, 0.5) is 5.82 Å². The Kier molecular flexibility index (Phi) is 4.51. The van der Waals surface area contributed by atoms with Gasteiger partial charge in [-0.25, -0.2) is 4.98 Å². The van der Waals surface area contributed by atoms with E-state index in [1.165, 1.54) is 0 Å². The molecule has 0 saturated carbocycles. The maximum atomic E-state index is 6.13. The Morgan fingerprint density at radius 3 is 2.71 bits per heavy atom. The van der Waals surface area contributed by atoms with E-state index in [-0.39, 0.29) is 6.10 Å². The highest BCUT2D eigenvalue weighted by molar-refractivity contribution is 6.34. The standard InChI is InChI=1S/C16H15Cl2N2O/c17-12-4-5-14(18)15(11-12)21-13-6-9-20(10-7-13)16-3-1-2-8-19-16/h1,3-5,8,11,13H,6-7,9-10H2. The van der Waals surface area contributed by atoms with Crippen molar-refractivity contribution >= 4 is 29.0 Å². The van der Waals surface area contributed by atoms with Crippen molar-refractivity contribution in [3.63, 3.8) is 0 Å². The summed E-state index contributed by atoms with van der Waals surface area (Å²) in [5.74, 6) is 1.66. The summed E-state index contributed by atoms with van der Waals surface area (Å²) in [5, 5.41) is 1.23. The fourth-order valence-electron chi connectivity index (χ4n) is 2.45. The number of piperidine rings is 1. The highest BCUT2D eigenvalue weighted by Crippen LogP contribution is 2.30. The molecule has 1 saturated heterocycles. The molecule has 1 aromatic carbocycles. The maximum Gasteiger partial charge on any atom is 0.139 e. The summed E-state index contributed by atoms with van der Waals surface area (Å²) in [6, 6.07) is 12.1. The van der Waals surface area contributed by atoms with Gasteiger partial charge >= 0.3 is 0 Å². The average molecular weight is 322 g/mol. The lowest BCUT2D eigenvalue weighted by molar-refractivity contribution is 0.171. The number of nitrogens with zero attached hydrogens (tertiary/aromatic N) is 2. The van der Waals surface area contributed by atoms with Crippen molar-refractivity contribution in [2.45, 2.75) is 18.9 Å². The summed E-state index contributed by atoms with van der Waals surface area (Å²) in [5.41, 5.74) is 0. The molecule has 0 N–H and O–H groups in total. The van der Waals surface area contributed by atoms with E-state index in [9.17, 15) is 0 Å². The Bertz CT molecular complexity index is 598. The van der Waals surface area contributed by atoms with Gasteiger partial charge < -0.3 is 9.64 Å². The Hall–Kier alpha value is -1.45. The minimum atomic E-state index is 0.160. The van der Waals surface area contributed by atoms with E-state index >= 15 is 0 Å². The molecule has 0 spiro atoms. The molecule has 0 atom stereocenters. The molecule has 1 aromatic heterocycles. The molecule has 3 rings (SSSR count). The first-order chi connectivity index (χ1) is 10.2. The van der Waals surface area contributed by atoms with Crippen LogP contribution < -0.4 is 9.64 Å². The van der Waals surface area contributed by atoms with Crippen LogP contribution in [0.25, 0.3) is 0 Å². The number of anilines is 1. The Morgan fingerprint density at radius 1 is 1.19 bits per heavy atom. The van der Waals surface area contributed by atoms with Gasteiger partial charge in [0.1, 0.15) is 17.7 Å². The number of hydrogen-bond donors (Lipinski definition) is 0. The van der Waals surface area contributed by atoms with Gasteiger partial charge in [0.15, 0.2) is 0 Å². The molecule has 0 bridgehead atoms. The molecule has 2 heterocycles. The van der Waals surface area contributed by atoms with Crippen molar-refractivity contribution in [2.24, 2.45) is 0 Å². The lowest BCUT2D eigenvalue weighted by Gasteiger charge is -2.33. The quantitative estimate of drug-likeness (QED) is 0.845. The maximum absolute atomic E-state index is 6.13. The summed E-state index contributed by atoms with van der Waals surface area (Å²) in [6.07, 6.45) is 3.73. The molecule has 21 heavy (non-hydrogen) atoms. The second-order valence-corrected chi connectivity index (χ2v) is 5.84. The summed E-state index contributed by atoms with van der Waals surface area (Å²) < 4.78 is 5.98. The van der Waals surface area contributed by atoms with Gasteiger partial charge in [-0.1, -0.05) is 23.2 Å². The Labute approximate surface area is 134 Å². The zero-order valence-corrected chi connectivity index (χ0v) is 12.9. The monoisotopic (exact) mass is 321 g/mol. The first kappa shape index (κ1) is 14.5. The van der Waals surface area contributed by atoms with E-state index in [2.05, 4.69) is 16.0 Å². The van der Waals surface area contributed by atoms with Crippen molar-refractivity contribution < 1.29 is 4.74 Å². The average Bonchev–Trinajstić information content (AvgIpc) is 2.53. The van der Waals surface area contributed by atoms with E-state index in [0.717, 1.165) is 31.7 Å². The second-order valence-electron chi connectivity index (χ2n) is 5.00. The summed E-state index contributed by atoms with van der Waals surface area (Å²) in [4.78, 5) is 6.59. The zero-order chi connectivity index (χ0) is 14.7. The molecule has 0 amide bonds. The van der Waals surface area contributed by atoms with E-state index in [1.54, 1.807) is 24.4 Å². The molecule has 109 valence electrons. The number of rotatable bonds is 3. The smallest absolute Gasteiger partial charge is 0.139 e. The fraction of sp³-hybridized carbons (Fsp3) is 0.312. The third kappa shape index (κ3) is 3.60. The number of hydrogen-bond acceptors (Lipinski definition) is 3. The lowest BCUT2D eigenvalue weighted by Crippen LogP contribution is -2.38. The van der Waals surface area contributed by atoms with Crippen LogP contribution in [-0.4, -0.2) is 24.2 Å². The lowest BCUT2D eigenvalue weighted by atomic mass is 10.1. The molecule has 1 aliphatic heterocycles. The van der Waals surface area contributed by atoms with Crippen LogP contribution in [0, 0.1) is 6.07 Å². The summed E-state index contributed by atoms with van der Waals surface area (Å²) in [6.45, 7) is 1.83. The third-order valence-corrected chi connectivity index (χ3v) is 4.10. The Balaban J connectivity index is 1.60. The van der Waals surface area contributed by atoms with Gasteiger partial charge in [-0.05, 0) is 24.3 Å². The summed E-state index contributed by atoms with van der Waals surface area (Å²) in [7, 11) is 0. The highest BCUT2D eigenvalue weighted by Gasteiger charge is 2.22. The number of benzene rings is 1. The zero-order valence-electron chi connectivity index (χ0n) is 11.4. The normalized spacial score (nSPS) is 16.0. The molecule has 1 radical (unpaired) electrons. The second kappa shape index (κ2) is 6.54. The van der Waals surface area contributed by atoms with Crippen molar-refractivity contribution in [1.82, 2.24) is 4.98 Å². The van der Waals surface area contributed by atoms with Gasteiger partial charge in [-0.2, -0.15) is 0 Å². The molecule has 2 aromatic rings. The molecular formula is C16H15Cl2N2O. The fourth-order valence-corrected chi connectivity index (χ4v) is 2.77. The molecular weight excluding hydrogens is 307 g/mol. The van der Waals surface area contributed by atoms with Crippen molar-refractivity contribution in [3.05, 3.63) is 52.6 Å². The van der Waals surface area contributed by atoms with Crippen LogP contribution in [0.15, 0.2) is 36.5 Å². The van der Waals surface area contributed by atoms with E-state index < -0.39 is 0 Å². The molecule has 3 nitrogen and oxygen atoms in total. The van der Waals surface area contributed by atoms with Crippen LogP contribution in [0.2, 0.25) is 10.0 Å². The molecule has 5 heteroatoms. The predicted octanol–water partition coefficient (Wildman–Crippen LogP) is 4.24. The Morgan fingerprint density at radius 2 is 2.00 bits per heavy atom. The highest BCUT2D eigenvalue weighted by atomic mass is 35.5. The summed E-state index contributed by atoms with van der Waals surface area (Å²) >= 11 is 12.1. The van der Waals surface area contributed by atoms with E-state index in [0.29, 0.717) is 15.8 Å². The minimum Gasteiger partial charge on any atom is -0.489 e. The van der Waals surface area contributed by atoms with Gasteiger partial charge in [0.25, 0.3) is 0 Å². The molecule has 0 unspecified atom stereocenters. The van der Waals surface area contributed by atoms with Gasteiger partial charge in [0.05, 0.1) is 5.02 Å². The SMILES string of the molecule is Clc1ccc(Cl)c(OC2CCN(c3cc[c]cn3)CC2)c1. The van der Waals surface area contributed by atoms with Crippen molar-refractivity contribution in [2.75, 3.05) is 18.0 Å². The topological polar surface area (TPSA) is 25.4 Å².